The number of urea groups is 1. The number of anilines is 2. The van der Waals surface area contributed by atoms with Crippen LogP contribution in [0.1, 0.15) is 13.8 Å². The fourth-order valence-electron chi connectivity index (χ4n) is 2.23. The lowest BCUT2D eigenvalue weighted by atomic mass is 10.2. The molecule has 3 amide bonds. The van der Waals surface area contributed by atoms with Crippen LogP contribution < -0.4 is 10.2 Å². The smallest absolute Gasteiger partial charge is 0.321 e. The number of carbonyl (C=O) groups excluding carboxylic acids is 2. The number of rotatable bonds is 4. The van der Waals surface area contributed by atoms with E-state index in [0.717, 1.165) is 11.4 Å². The Bertz CT molecular complexity index is 497. The number of nitrogens with zero attached hydrogens (tertiary/aromatic N) is 2. The maximum absolute atomic E-state index is 11.9. The third kappa shape index (κ3) is 3.72. The molecule has 0 atom stereocenters. The lowest BCUT2D eigenvalue weighted by Gasteiger charge is -2.27. The Hall–Kier alpha value is -2.08. The standard InChI is InChI=1S/C15H21N3O3/c1-3-17(4-2)15(20)16-12-5-7-13(8-6-12)18-9-10-21-11-14(18)19/h5-8H,3-4,9-11H2,1-2H3,(H,16,20). The Balaban J connectivity index is 2.01. The summed E-state index contributed by atoms with van der Waals surface area (Å²) in [7, 11) is 0. The quantitative estimate of drug-likeness (QED) is 0.922. The van der Waals surface area contributed by atoms with Gasteiger partial charge in [-0.05, 0) is 38.1 Å². The summed E-state index contributed by atoms with van der Waals surface area (Å²) in [5, 5.41) is 2.84. The van der Waals surface area contributed by atoms with Gasteiger partial charge in [0.05, 0.1) is 6.61 Å². The number of amides is 3. The van der Waals surface area contributed by atoms with Gasteiger partial charge >= 0.3 is 6.03 Å². The van der Waals surface area contributed by atoms with Crippen molar-refractivity contribution in [3.63, 3.8) is 0 Å². The molecule has 6 nitrogen and oxygen atoms in total. The minimum absolute atomic E-state index is 0.0406. The number of nitrogens with one attached hydrogen (secondary N) is 1. The van der Waals surface area contributed by atoms with Crippen molar-refractivity contribution in [3.05, 3.63) is 24.3 Å². The number of ether oxygens (including phenoxy) is 1. The van der Waals surface area contributed by atoms with Crippen molar-refractivity contribution in [1.82, 2.24) is 4.90 Å². The molecule has 0 saturated carbocycles. The van der Waals surface area contributed by atoms with Crippen molar-refractivity contribution < 1.29 is 14.3 Å². The molecule has 0 unspecified atom stereocenters. The predicted molar refractivity (Wildman–Crippen MR) is 81.6 cm³/mol. The molecular weight excluding hydrogens is 270 g/mol. The molecule has 6 heteroatoms. The summed E-state index contributed by atoms with van der Waals surface area (Å²) in [4.78, 5) is 27.1. The van der Waals surface area contributed by atoms with Gasteiger partial charge in [0.2, 0.25) is 0 Å². The minimum atomic E-state index is -0.116. The average molecular weight is 291 g/mol. The van der Waals surface area contributed by atoms with Crippen LogP contribution in [-0.2, 0) is 9.53 Å². The van der Waals surface area contributed by atoms with Gasteiger partial charge in [-0.25, -0.2) is 4.79 Å². The highest BCUT2D eigenvalue weighted by atomic mass is 16.5. The zero-order valence-electron chi connectivity index (χ0n) is 12.5. The second-order valence-electron chi connectivity index (χ2n) is 4.75. The van der Waals surface area contributed by atoms with Crippen molar-refractivity contribution in [1.29, 1.82) is 0 Å². The van der Waals surface area contributed by atoms with E-state index in [1.165, 1.54) is 0 Å². The Morgan fingerprint density at radius 3 is 2.52 bits per heavy atom. The van der Waals surface area contributed by atoms with Gasteiger partial charge in [0.25, 0.3) is 5.91 Å². The van der Waals surface area contributed by atoms with Crippen molar-refractivity contribution in [2.75, 3.05) is 43.1 Å². The summed E-state index contributed by atoms with van der Waals surface area (Å²) in [6.45, 7) is 6.45. The van der Waals surface area contributed by atoms with E-state index in [9.17, 15) is 9.59 Å². The summed E-state index contributed by atoms with van der Waals surface area (Å²) in [5.74, 6) is -0.0406. The summed E-state index contributed by atoms with van der Waals surface area (Å²) in [5.41, 5.74) is 1.54. The first-order chi connectivity index (χ1) is 10.2. The molecule has 0 spiro atoms. The van der Waals surface area contributed by atoms with Crippen LogP contribution in [0.5, 0.6) is 0 Å². The van der Waals surface area contributed by atoms with Crippen molar-refractivity contribution in [3.8, 4) is 0 Å². The van der Waals surface area contributed by atoms with Gasteiger partial charge in [0.1, 0.15) is 6.61 Å². The third-order valence-corrected chi connectivity index (χ3v) is 3.47. The van der Waals surface area contributed by atoms with Crippen LogP contribution in [0.4, 0.5) is 16.2 Å². The second kappa shape index (κ2) is 7.08. The van der Waals surface area contributed by atoms with E-state index in [1.54, 1.807) is 21.9 Å². The molecule has 2 rings (SSSR count). The van der Waals surface area contributed by atoms with Crippen LogP contribution in [0.3, 0.4) is 0 Å². The highest BCUT2D eigenvalue weighted by Crippen LogP contribution is 2.19. The predicted octanol–water partition coefficient (Wildman–Crippen LogP) is 1.92. The van der Waals surface area contributed by atoms with Crippen LogP contribution in [0.2, 0.25) is 0 Å². The maximum Gasteiger partial charge on any atom is 0.321 e. The van der Waals surface area contributed by atoms with Crippen molar-refractivity contribution in [2.24, 2.45) is 0 Å². The molecule has 1 aliphatic heterocycles. The summed E-state index contributed by atoms with van der Waals surface area (Å²) in [6, 6.07) is 7.16. The first-order valence-electron chi connectivity index (χ1n) is 7.19. The lowest BCUT2D eigenvalue weighted by molar-refractivity contribution is -0.125. The second-order valence-corrected chi connectivity index (χ2v) is 4.75. The molecule has 1 aromatic rings. The molecule has 1 fully saturated rings. The van der Waals surface area contributed by atoms with E-state index < -0.39 is 0 Å². The first-order valence-corrected chi connectivity index (χ1v) is 7.19. The van der Waals surface area contributed by atoms with Gasteiger partial charge < -0.3 is 19.9 Å². The SMILES string of the molecule is CCN(CC)C(=O)Nc1ccc(N2CCOCC2=O)cc1. The van der Waals surface area contributed by atoms with E-state index in [0.29, 0.717) is 26.2 Å². The van der Waals surface area contributed by atoms with Gasteiger partial charge in [-0.2, -0.15) is 0 Å². The molecule has 21 heavy (non-hydrogen) atoms. The van der Waals surface area contributed by atoms with Gasteiger partial charge in [-0.3, -0.25) is 4.79 Å². The highest BCUT2D eigenvalue weighted by molar-refractivity contribution is 5.95. The number of carbonyl (C=O) groups is 2. The number of hydrogen-bond acceptors (Lipinski definition) is 3. The third-order valence-electron chi connectivity index (χ3n) is 3.47. The summed E-state index contributed by atoms with van der Waals surface area (Å²) < 4.78 is 5.11. The number of morpholine rings is 1. The largest absolute Gasteiger partial charge is 0.370 e. The molecule has 114 valence electrons. The van der Waals surface area contributed by atoms with E-state index in [1.807, 2.05) is 26.0 Å². The molecule has 0 aromatic heterocycles. The van der Waals surface area contributed by atoms with E-state index in [4.69, 9.17) is 4.74 Å². The average Bonchev–Trinajstić information content (AvgIpc) is 2.50. The van der Waals surface area contributed by atoms with Crippen LogP contribution in [0.25, 0.3) is 0 Å². The molecule has 1 N–H and O–H groups in total. The summed E-state index contributed by atoms with van der Waals surface area (Å²) >= 11 is 0. The van der Waals surface area contributed by atoms with Gasteiger partial charge in [-0.1, -0.05) is 0 Å². The molecule has 0 radical (unpaired) electrons. The summed E-state index contributed by atoms with van der Waals surface area (Å²) in [6.07, 6.45) is 0. The first kappa shape index (κ1) is 15.3. The van der Waals surface area contributed by atoms with Gasteiger partial charge in [-0.15, -0.1) is 0 Å². The van der Waals surface area contributed by atoms with E-state index in [2.05, 4.69) is 5.32 Å². The van der Waals surface area contributed by atoms with Crippen LogP contribution in [-0.4, -0.2) is 49.7 Å². The van der Waals surface area contributed by atoms with Crippen LogP contribution in [0, 0.1) is 0 Å². The molecule has 1 heterocycles. The maximum atomic E-state index is 11.9. The van der Waals surface area contributed by atoms with Crippen molar-refractivity contribution >= 4 is 23.3 Å². The number of hydrogen-bond donors (Lipinski definition) is 1. The lowest BCUT2D eigenvalue weighted by Crippen LogP contribution is -2.41. The van der Waals surface area contributed by atoms with E-state index >= 15 is 0 Å². The molecule has 0 aliphatic carbocycles. The fourth-order valence-corrected chi connectivity index (χ4v) is 2.23. The van der Waals surface area contributed by atoms with Crippen LogP contribution >= 0.6 is 0 Å². The van der Waals surface area contributed by atoms with Crippen LogP contribution in [0.15, 0.2) is 24.3 Å². The zero-order chi connectivity index (χ0) is 15.2. The molecule has 1 aromatic carbocycles. The molecule has 0 bridgehead atoms. The fraction of sp³-hybridized carbons (Fsp3) is 0.467. The molecule has 1 aliphatic rings. The Morgan fingerprint density at radius 1 is 1.29 bits per heavy atom. The monoisotopic (exact) mass is 291 g/mol. The molecule has 1 saturated heterocycles. The normalized spacial score (nSPS) is 15.0. The Morgan fingerprint density at radius 2 is 1.95 bits per heavy atom. The number of benzene rings is 1. The Kier molecular flexibility index (Phi) is 5.16. The highest BCUT2D eigenvalue weighted by Gasteiger charge is 2.20. The van der Waals surface area contributed by atoms with Crippen molar-refractivity contribution in [2.45, 2.75) is 13.8 Å². The molecular formula is C15H21N3O3. The van der Waals surface area contributed by atoms with Gasteiger partial charge in [0.15, 0.2) is 0 Å². The van der Waals surface area contributed by atoms with E-state index in [-0.39, 0.29) is 18.5 Å². The Labute approximate surface area is 124 Å². The van der Waals surface area contributed by atoms with Gasteiger partial charge in [0, 0.05) is 31.0 Å². The minimum Gasteiger partial charge on any atom is -0.370 e. The zero-order valence-corrected chi connectivity index (χ0v) is 12.5. The topological polar surface area (TPSA) is 61.9 Å².